The Kier molecular flexibility index (Phi) is 2.79. The number of amides is 1. The van der Waals surface area contributed by atoms with E-state index >= 15 is 0 Å². The maximum atomic E-state index is 12.5. The molecule has 0 atom stereocenters. The predicted molar refractivity (Wildman–Crippen MR) is 55.8 cm³/mol. The van der Waals surface area contributed by atoms with E-state index in [1.807, 2.05) is 0 Å². The van der Waals surface area contributed by atoms with Crippen LogP contribution in [-0.2, 0) is 4.79 Å². The summed E-state index contributed by atoms with van der Waals surface area (Å²) in [7, 11) is 0. The molecule has 1 aromatic heterocycles. The normalized spacial score (nSPS) is 16.3. The number of carbonyl (C=O) groups is 2. The highest BCUT2D eigenvalue weighted by Crippen LogP contribution is 2.45. The van der Waals surface area contributed by atoms with Crippen molar-refractivity contribution in [3.63, 3.8) is 0 Å². The maximum absolute atomic E-state index is 12.5. The fraction of sp³-hybridized carbons (Fsp3) is 0.364. The molecule has 0 bridgehead atoms. The van der Waals surface area contributed by atoms with Gasteiger partial charge < -0.3 is 10.4 Å². The molecule has 1 aliphatic rings. The molecule has 1 heterocycles. The summed E-state index contributed by atoms with van der Waals surface area (Å²) < 4.78 is 12.5. The van der Waals surface area contributed by atoms with E-state index in [-0.39, 0.29) is 12.1 Å². The Balaban J connectivity index is 1.94. The molecule has 0 aliphatic heterocycles. The molecule has 0 spiro atoms. The Bertz CT molecular complexity index is 454. The molecule has 1 aliphatic carbocycles. The van der Waals surface area contributed by atoms with Crippen molar-refractivity contribution in [3.8, 4) is 0 Å². The molecular weight excluding hydrogens is 227 g/mol. The first kappa shape index (κ1) is 11.5. The number of carboxylic acids is 1. The van der Waals surface area contributed by atoms with Crippen molar-refractivity contribution in [2.75, 3.05) is 6.54 Å². The first-order chi connectivity index (χ1) is 8.03. The minimum absolute atomic E-state index is 0.0958. The third-order valence-electron chi connectivity index (χ3n) is 2.88. The fourth-order valence-corrected chi connectivity index (χ4v) is 1.48. The van der Waals surface area contributed by atoms with Gasteiger partial charge in [-0.25, -0.2) is 4.98 Å². The second-order valence-corrected chi connectivity index (χ2v) is 4.14. The average molecular weight is 238 g/mol. The molecule has 1 amide bonds. The van der Waals surface area contributed by atoms with Crippen LogP contribution in [-0.4, -0.2) is 28.5 Å². The molecule has 1 aromatic rings. The molecule has 5 nitrogen and oxygen atoms in total. The van der Waals surface area contributed by atoms with Crippen LogP contribution in [0.15, 0.2) is 18.3 Å². The zero-order chi connectivity index (χ0) is 12.5. The highest BCUT2D eigenvalue weighted by Gasteiger charge is 2.50. The zero-order valence-corrected chi connectivity index (χ0v) is 8.94. The summed E-state index contributed by atoms with van der Waals surface area (Å²) in [5.41, 5.74) is -0.587. The van der Waals surface area contributed by atoms with Gasteiger partial charge >= 0.3 is 5.97 Å². The molecule has 0 aromatic carbocycles. The molecule has 1 saturated carbocycles. The van der Waals surface area contributed by atoms with Gasteiger partial charge in [-0.2, -0.15) is 4.39 Å². The van der Waals surface area contributed by atoms with E-state index in [2.05, 4.69) is 10.3 Å². The number of hydrogen-bond acceptors (Lipinski definition) is 3. The minimum Gasteiger partial charge on any atom is -0.481 e. The number of carbonyl (C=O) groups excluding carboxylic acids is 1. The molecule has 6 heteroatoms. The second-order valence-electron chi connectivity index (χ2n) is 4.14. The van der Waals surface area contributed by atoms with E-state index in [0.717, 1.165) is 12.3 Å². The average Bonchev–Trinajstić information content (AvgIpc) is 3.08. The van der Waals surface area contributed by atoms with E-state index in [9.17, 15) is 14.0 Å². The lowest BCUT2D eigenvalue weighted by atomic mass is 10.1. The number of rotatable bonds is 4. The third kappa shape index (κ3) is 2.41. The van der Waals surface area contributed by atoms with E-state index < -0.39 is 23.2 Å². The van der Waals surface area contributed by atoms with Crippen LogP contribution in [0.3, 0.4) is 0 Å². The SMILES string of the molecule is O=C(NCC1(C(=O)O)CC1)c1ccc(F)nc1. The van der Waals surface area contributed by atoms with Crippen molar-refractivity contribution in [1.29, 1.82) is 0 Å². The van der Waals surface area contributed by atoms with Gasteiger partial charge in [-0.05, 0) is 25.0 Å². The first-order valence-corrected chi connectivity index (χ1v) is 5.17. The van der Waals surface area contributed by atoms with Gasteiger partial charge in [-0.15, -0.1) is 0 Å². The van der Waals surface area contributed by atoms with Crippen LogP contribution < -0.4 is 5.32 Å². The van der Waals surface area contributed by atoms with Gasteiger partial charge in [0.15, 0.2) is 0 Å². The van der Waals surface area contributed by atoms with Crippen molar-refractivity contribution in [2.24, 2.45) is 5.41 Å². The topological polar surface area (TPSA) is 79.3 Å². The minimum atomic E-state index is -0.893. The molecule has 0 saturated heterocycles. The van der Waals surface area contributed by atoms with E-state index in [1.165, 1.54) is 6.07 Å². The zero-order valence-electron chi connectivity index (χ0n) is 8.94. The summed E-state index contributed by atoms with van der Waals surface area (Å²) >= 11 is 0. The lowest BCUT2D eigenvalue weighted by Crippen LogP contribution is -2.34. The van der Waals surface area contributed by atoms with Gasteiger partial charge in [0.25, 0.3) is 5.91 Å². The number of aromatic nitrogens is 1. The summed E-state index contributed by atoms with van der Waals surface area (Å²) in [6, 6.07) is 2.39. The Morgan fingerprint density at radius 3 is 2.65 bits per heavy atom. The highest BCUT2D eigenvalue weighted by atomic mass is 19.1. The molecule has 1 fully saturated rings. The van der Waals surface area contributed by atoms with Gasteiger partial charge in [-0.1, -0.05) is 0 Å². The van der Waals surface area contributed by atoms with Crippen molar-refractivity contribution < 1.29 is 19.1 Å². The van der Waals surface area contributed by atoms with Crippen LogP contribution >= 0.6 is 0 Å². The summed E-state index contributed by atoms with van der Waals surface area (Å²) in [5.74, 6) is -1.99. The highest BCUT2D eigenvalue weighted by molar-refractivity contribution is 5.94. The third-order valence-corrected chi connectivity index (χ3v) is 2.88. The van der Waals surface area contributed by atoms with Crippen LogP contribution in [0.25, 0.3) is 0 Å². The second kappa shape index (κ2) is 4.12. The molecule has 2 rings (SSSR count). The summed E-state index contributed by atoms with van der Waals surface area (Å²) in [6.45, 7) is 0.0958. The Hall–Kier alpha value is -1.98. The Morgan fingerprint density at radius 1 is 1.47 bits per heavy atom. The summed E-state index contributed by atoms with van der Waals surface area (Å²) in [5, 5.41) is 11.4. The molecule has 0 unspecified atom stereocenters. The number of hydrogen-bond donors (Lipinski definition) is 2. The molecule has 17 heavy (non-hydrogen) atoms. The lowest BCUT2D eigenvalue weighted by Gasteiger charge is -2.10. The van der Waals surface area contributed by atoms with Crippen LogP contribution in [0.2, 0.25) is 0 Å². The maximum Gasteiger partial charge on any atom is 0.311 e. The number of aliphatic carboxylic acids is 1. The molecular formula is C11H11FN2O3. The van der Waals surface area contributed by atoms with Crippen LogP contribution in [0.4, 0.5) is 4.39 Å². The van der Waals surface area contributed by atoms with Crippen LogP contribution in [0.5, 0.6) is 0 Å². The van der Waals surface area contributed by atoms with Crippen molar-refractivity contribution in [3.05, 3.63) is 29.8 Å². The van der Waals surface area contributed by atoms with Gasteiger partial charge in [0.1, 0.15) is 0 Å². The molecule has 0 radical (unpaired) electrons. The standard InChI is InChI=1S/C11H11FN2O3/c12-8-2-1-7(5-13-8)9(15)14-6-11(3-4-11)10(16)17/h1-2,5H,3-4,6H2,(H,14,15)(H,16,17). The number of carboxylic acid groups (broad SMARTS) is 1. The van der Waals surface area contributed by atoms with Crippen molar-refractivity contribution >= 4 is 11.9 Å². The Morgan fingerprint density at radius 2 is 2.18 bits per heavy atom. The Labute approximate surface area is 96.7 Å². The number of nitrogens with zero attached hydrogens (tertiary/aromatic N) is 1. The first-order valence-electron chi connectivity index (χ1n) is 5.17. The van der Waals surface area contributed by atoms with Gasteiger partial charge in [0.2, 0.25) is 5.95 Å². The number of nitrogens with one attached hydrogen (secondary N) is 1. The van der Waals surface area contributed by atoms with Crippen LogP contribution in [0.1, 0.15) is 23.2 Å². The number of halogens is 1. The lowest BCUT2D eigenvalue weighted by molar-refractivity contribution is -0.143. The van der Waals surface area contributed by atoms with E-state index in [4.69, 9.17) is 5.11 Å². The predicted octanol–water partition coefficient (Wildman–Crippen LogP) is 0.815. The van der Waals surface area contributed by atoms with E-state index in [0.29, 0.717) is 12.8 Å². The van der Waals surface area contributed by atoms with Gasteiger partial charge in [0, 0.05) is 12.7 Å². The van der Waals surface area contributed by atoms with Crippen LogP contribution in [0, 0.1) is 11.4 Å². The monoisotopic (exact) mass is 238 g/mol. The fourth-order valence-electron chi connectivity index (χ4n) is 1.48. The molecule has 90 valence electrons. The van der Waals surface area contributed by atoms with Gasteiger partial charge in [-0.3, -0.25) is 9.59 Å². The summed E-state index contributed by atoms with van der Waals surface area (Å²) in [6.07, 6.45) is 2.26. The largest absolute Gasteiger partial charge is 0.481 e. The number of pyridine rings is 1. The van der Waals surface area contributed by atoms with Crippen molar-refractivity contribution in [2.45, 2.75) is 12.8 Å². The smallest absolute Gasteiger partial charge is 0.311 e. The van der Waals surface area contributed by atoms with Crippen molar-refractivity contribution in [1.82, 2.24) is 10.3 Å². The summed E-state index contributed by atoms with van der Waals surface area (Å²) in [4.78, 5) is 25.8. The van der Waals surface area contributed by atoms with E-state index in [1.54, 1.807) is 0 Å². The molecule has 2 N–H and O–H groups in total. The quantitative estimate of drug-likeness (QED) is 0.761. The van der Waals surface area contributed by atoms with Gasteiger partial charge in [0.05, 0.1) is 11.0 Å².